The van der Waals surface area contributed by atoms with Gasteiger partial charge in [0, 0.05) is 0 Å². The van der Waals surface area contributed by atoms with Crippen LogP contribution in [0.3, 0.4) is 0 Å². The molecule has 0 radical (unpaired) electrons. The van der Waals surface area contributed by atoms with Crippen LogP contribution in [0.15, 0.2) is 30.3 Å². The summed E-state index contributed by atoms with van der Waals surface area (Å²) in [5.74, 6) is 0. The Morgan fingerprint density at radius 1 is 1.30 bits per heavy atom. The molecule has 1 unspecified atom stereocenters. The maximum Gasteiger partial charge on any atom is 0.249 e. The average Bonchev–Trinajstić information content (AvgIpc) is 2.03. The fraction of sp³-hybridized carbons (Fsp3) is 0. The highest BCUT2D eigenvalue weighted by Crippen LogP contribution is 2.06. The molecule has 0 heterocycles. The Bertz CT molecular complexity index is 202. The fourth-order valence-corrected chi connectivity index (χ4v) is 1.67. The van der Waals surface area contributed by atoms with E-state index in [0.717, 1.165) is 0 Å². The SMILES string of the molecule is O=PNPc1ccccc1. The molecule has 1 aromatic carbocycles. The number of hydrogen-bond donors (Lipinski definition) is 1. The highest BCUT2D eigenvalue weighted by Gasteiger charge is 1.86. The summed E-state index contributed by atoms with van der Waals surface area (Å²) in [7, 11) is 0.432. The van der Waals surface area contributed by atoms with Gasteiger partial charge < -0.3 is 0 Å². The van der Waals surface area contributed by atoms with E-state index in [0.29, 0.717) is 8.73 Å². The predicted molar refractivity (Wildman–Crippen MR) is 45.1 cm³/mol. The van der Waals surface area contributed by atoms with Crippen molar-refractivity contribution < 1.29 is 4.57 Å². The minimum Gasteiger partial charge on any atom is -0.256 e. The van der Waals surface area contributed by atoms with E-state index >= 15 is 0 Å². The fourth-order valence-electron chi connectivity index (χ4n) is 0.609. The van der Waals surface area contributed by atoms with Crippen LogP contribution in [-0.4, -0.2) is 0 Å². The molecule has 10 heavy (non-hydrogen) atoms. The van der Waals surface area contributed by atoms with Crippen LogP contribution in [0.2, 0.25) is 0 Å². The van der Waals surface area contributed by atoms with Crippen LogP contribution in [0.1, 0.15) is 0 Å². The molecule has 0 aliphatic rings. The summed E-state index contributed by atoms with van der Waals surface area (Å²) in [5, 5.41) is 1.17. The summed E-state index contributed by atoms with van der Waals surface area (Å²) in [6.07, 6.45) is 0. The molecule has 1 aromatic rings. The van der Waals surface area contributed by atoms with Gasteiger partial charge in [-0.3, -0.25) is 4.57 Å². The zero-order chi connectivity index (χ0) is 7.23. The van der Waals surface area contributed by atoms with Gasteiger partial charge in [-0.05, 0) is 14.0 Å². The first-order valence-electron chi connectivity index (χ1n) is 2.82. The van der Waals surface area contributed by atoms with Crippen LogP contribution in [0.4, 0.5) is 0 Å². The molecule has 0 aromatic heterocycles. The van der Waals surface area contributed by atoms with E-state index in [9.17, 15) is 4.57 Å². The third-order valence-electron chi connectivity index (χ3n) is 1.02. The molecule has 0 aliphatic heterocycles. The van der Waals surface area contributed by atoms with Crippen molar-refractivity contribution in [2.45, 2.75) is 0 Å². The third-order valence-corrected chi connectivity index (χ3v) is 2.45. The Morgan fingerprint density at radius 3 is 2.60 bits per heavy atom. The van der Waals surface area contributed by atoms with E-state index in [4.69, 9.17) is 0 Å². The maximum atomic E-state index is 9.97. The number of hydrogen-bond acceptors (Lipinski definition) is 1. The molecule has 1 N–H and O–H groups in total. The normalized spacial score (nSPS) is 11.2. The third kappa shape index (κ3) is 2.53. The molecule has 1 atom stereocenters. The molecule has 52 valence electrons. The molecular weight excluding hydrogens is 164 g/mol. The van der Waals surface area contributed by atoms with E-state index in [1.807, 2.05) is 30.3 Å². The summed E-state index contributed by atoms with van der Waals surface area (Å²) in [6.45, 7) is 0. The van der Waals surface area contributed by atoms with Crippen molar-refractivity contribution in [3.05, 3.63) is 30.3 Å². The first-order chi connectivity index (χ1) is 4.93. The molecular formula is C6H7NOP2. The number of rotatable bonds is 3. The van der Waals surface area contributed by atoms with Crippen molar-refractivity contribution in [1.82, 2.24) is 4.86 Å². The van der Waals surface area contributed by atoms with E-state index in [1.54, 1.807) is 0 Å². The van der Waals surface area contributed by atoms with Gasteiger partial charge in [-0.2, -0.15) is 0 Å². The van der Waals surface area contributed by atoms with Gasteiger partial charge in [0.15, 0.2) is 0 Å². The first-order valence-corrected chi connectivity index (χ1v) is 4.63. The highest BCUT2D eigenvalue weighted by atomic mass is 31.1. The molecule has 0 spiro atoms. The van der Waals surface area contributed by atoms with Crippen molar-refractivity contribution in [2.75, 3.05) is 0 Å². The lowest BCUT2D eigenvalue weighted by Crippen LogP contribution is -1.95. The summed E-state index contributed by atoms with van der Waals surface area (Å²) in [6, 6.07) is 9.88. The summed E-state index contributed by atoms with van der Waals surface area (Å²) in [5.41, 5.74) is 0. The lowest BCUT2D eigenvalue weighted by Gasteiger charge is -1.94. The Kier molecular flexibility index (Phi) is 3.53. The Morgan fingerprint density at radius 2 is 2.00 bits per heavy atom. The molecule has 4 heteroatoms. The average molecular weight is 171 g/mol. The summed E-state index contributed by atoms with van der Waals surface area (Å²) in [4.78, 5) is 2.71. The van der Waals surface area contributed by atoms with Crippen LogP contribution in [0, 0.1) is 0 Å². The Balaban J connectivity index is 2.50. The van der Waals surface area contributed by atoms with Crippen molar-refractivity contribution in [1.29, 1.82) is 0 Å². The van der Waals surface area contributed by atoms with Crippen LogP contribution in [0.25, 0.3) is 0 Å². The number of nitrogens with one attached hydrogen (secondary N) is 1. The molecule has 0 aliphatic carbocycles. The summed E-state index contributed by atoms with van der Waals surface area (Å²) < 4.78 is 9.97. The minimum atomic E-state index is 0.00223. The Hall–Kier alpha value is -0.290. The quantitative estimate of drug-likeness (QED) is 0.701. The van der Waals surface area contributed by atoms with Crippen molar-refractivity contribution in [2.24, 2.45) is 0 Å². The predicted octanol–water partition coefficient (Wildman–Crippen LogP) is 1.70. The molecule has 0 bridgehead atoms. The molecule has 0 fully saturated rings. The van der Waals surface area contributed by atoms with E-state index in [-0.39, 0.29) is 8.61 Å². The van der Waals surface area contributed by atoms with Crippen molar-refractivity contribution >= 4 is 22.6 Å². The van der Waals surface area contributed by atoms with Gasteiger partial charge in [0.25, 0.3) is 0 Å². The van der Waals surface area contributed by atoms with Crippen molar-refractivity contribution in [3.63, 3.8) is 0 Å². The monoisotopic (exact) mass is 171 g/mol. The maximum absolute atomic E-state index is 9.97. The molecule has 0 saturated carbocycles. The molecule has 0 saturated heterocycles. The van der Waals surface area contributed by atoms with Gasteiger partial charge in [0.05, 0.1) is 0 Å². The smallest absolute Gasteiger partial charge is 0.249 e. The standard InChI is InChI=1S/C6H7NOP2/c8-10-7-9-6-4-2-1-3-5-6/h1-5,9H,(H,7,8). The largest absolute Gasteiger partial charge is 0.256 e. The van der Waals surface area contributed by atoms with Gasteiger partial charge in [0.1, 0.15) is 0 Å². The van der Waals surface area contributed by atoms with Crippen LogP contribution in [-0.2, 0) is 4.57 Å². The molecule has 1 rings (SSSR count). The topological polar surface area (TPSA) is 29.1 Å². The second-order valence-electron chi connectivity index (χ2n) is 1.69. The second-order valence-corrected chi connectivity index (χ2v) is 3.60. The van der Waals surface area contributed by atoms with Gasteiger partial charge in [-0.1, -0.05) is 30.3 Å². The second kappa shape index (κ2) is 4.51. The van der Waals surface area contributed by atoms with Crippen molar-refractivity contribution in [3.8, 4) is 0 Å². The van der Waals surface area contributed by atoms with E-state index < -0.39 is 0 Å². The lowest BCUT2D eigenvalue weighted by molar-refractivity contribution is 0.598. The summed E-state index contributed by atoms with van der Waals surface area (Å²) >= 11 is 0. The lowest BCUT2D eigenvalue weighted by atomic mass is 10.4. The van der Waals surface area contributed by atoms with Crippen LogP contribution < -0.4 is 10.2 Å². The van der Waals surface area contributed by atoms with Gasteiger partial charge in [0.2, 0.25) is 8.61 Å². The number of benzene rings is 1. The first kappa shape index (κ1) is 7.81. The van der Waals surface area contributed by atoms with E-state index in [1.165, 1.54) is 5.30 Å². The molecule has 2 nitrogen and oxygen atoms in total. The molecule has 0 amide bonds. The van der Waals surface area contributed by atoms with E-state index in [2.05, 4.69) is 4.86 Å². The van der Waals surface area contributed by atoms with Gasteiger partial charge in [-0.15, -0.1) is 0 Å². The Labute approximate surface area is 63.1 Å². The minimum absolute atomic E-state index is 0.00223. The van der Waals surface area contributed by atoms with Crippen LogP contribution in [0.5, 0.6) is 0 Å². The van der Waals surface area contributed by atoms with Crippen LogP contribution >= 0.6 is 17.3 Å². The highest BCUT2D eigenvalue weighted by molar-refractivity contribution is 7.53. The van der Waals surface area contributed by atoms with Gasteiger partial charge in [-0.25, -0.2) is 4.86 Å². The zero-order valence-electron chi connectivity index (χ0n) is 5.24. The zero-order valence-corrected chi connectivity index (χ0v) is 7.14. The van der Waals surface area contributed by atoms with Gasteiger partial charge >= 0.3 is 0 Å².